The van der Waals surface area contributed by atoms with Gasteiger partial charge in [0.1, 0.15) is 11.3 Å². The van der Waals surface area contributed by atoms with E-state index in [1.165, 1.54) is 0 Å². The van der Waals surface area contributed by atoms with Crippen LogP contribution in [0.3, 0.4) is 0 Å². The van der Waals surface area contributed by atoms with Gasteiger partial charge in [-0.3, -0.25) is 9.48 Å². The van der Waals surface area contributed by atoms with E-state index in [0.717, 1.165) is 33.2 Å². The van der Waals surface area contributed by atoms with Crippen LogP contribution in [0.15, 0.2) is 100 Å². The van der Waals surface area contributed by atoms with Gasteiger partial charge in [-0.1, -0.05) is 48.5 Å². The van der Waals surface area contributed by atoms with Crippen LogP contribution >= 0.6 is 0 Å². The molecule has 0 saturated carbocycles. The van der Waals surface area contributed by atoms with Gasteiger partial charge in [-0.05, 0) is 68.3 Å². The zero-order valence-corrected chi connectivity index (χ0v) is 26.0. The van der Waals surface area contributed by atoms with Gasteiger partial charge in [0.15, 0.2) is 5.43 Å². The van der Waals surface area contributed by atoms with Crippen molar-refractivity contribution in [3.63, 3.8) is 0 Å². The number of carboxylic acid groups (broad SMARTS) is 2. The van der Waals surface area contributed by atoms with E-state index in [9.17, 15) is 27.9 Å². The van der Waals surface area contributed by atoms with Crippen LogP contribution < -0.4 is 10.7 Å². The molecule has 1 atom stereocenters. The summed E-state index contributed by atoms with van der Waals surface area (Å²) in [4.78, 5) is 34.3. The molecule has 6 aromatic rings. The summed E-state index contributed by atoms with van der Waals surface area (Å²) in [5.41, 5.74) is 6.08. The molecule has 0 aliphatic heterocycles. The Morgan fingerprint density at radius 2 is 1.62 bits per heavy atom. The van der Waals surface area contributed by atoms with Gasteiger partial charge in [-0.25, -0.2) is 9.59 Å². The fourth-order valence-electron chi connectivity index (χ4n) is 5.34. The number of halogens is 3. The number of hydrogen-bond acceptors (Lipinski definition) is 6. The van der Waals surface area contributed by atoms with Crippen LogP contribution in [-0.4, -0.2) is 38.1 Å². The van der Waals surface area contributed by atoms with E-state index in [1.807, 2.05) is 73.3 Å². The summed E-state index contributed by atoms with van der Waals surface area (Å²) in [5, 5.41) is 26.2. The van der Waals surface area contributed by atoms with Crippen molar-refractivity contribution in [1.29, 1.82) is 0 Å². The van der Waals surface area contributed by atoms with E-state index in [4.69, 9.17) is 19.4 Å². The van der Waals surface area contributed by atoms with Crippen molar-refractivity contribution in [1.82, 2.24) is 9.78 Å². The van der Waals surface area contributed by atoms with Gasteiger partial charge in [-0.15, -0.1) is 0 Å². The average Bonchev–Trinajstić information content (AvgIpc) is 3.44. The second-order valence-electron chi connectivity index (χ2n) is 11.2. The summed E-state index contributed by atoms with van der Waals surface area (Å²) in [5.74, 6) is -3.27. The van der Waals surface area contributed by atoms with Crippen molar-refractivity contribution < 1.29 is 37.4 Å². The number of nitrogens with one attached hydrogen (secondary N) is 1. The second kappa shape index (κ2) is 13.4. The number of carboxylic acids is 2. The number of aromatic carboxylic acids is 1. The third-order valence-corrected chi connectivity index (χ3v) is 7.63. The van der Waals surface area contributed by atoms with Crippen LogP contribution in [0.1, 0.15) is 45.6 Å². The Bertz CT molecular complexity index is 2210. The van der Waals surface area contributed by atoms with E-state index in [1.54, 1.807) is 31.2 Å². The van der Waals surface area contributed by atoms with E-state index < -0.39 is 18.1 Å². The number of para-hydroxylation sites is 1. The molecule has 0 saturated heterocycles. The normalized spacial score (nSPS) is 12.0. The van der Waals surface area contributed by atoms with Gasteiger partial charge < -0.3 is 19.9 Å². The number of hydrogen-bond donors (Lipinski definition) is 3. The van der Waals surface area contributed by atoms with Crippen LogP contribution in [0.5, 0.6) is 0 Å². The van der Waals surface area contributed by atoms with Crippen LogP contribution in [0.4, 0.5) is 18.9 Å². The van der Waals surface area contributed by atoms with Crippen LogP contribution in [0, 0.1) is 13.8 Å². The molecule has 3 N–H and O–H groups in total. The lowest BCUT2D eigenvalue weighted by molar-refractivity contribution is -0.192. The standard InChI is InChI=1S/C34H29N3O4.C2HF3O2/c1-20-15-27(22(3)35-30-12-8-7-11-26(30)34(39)40)33-28(16-20)31(38)21(2)32(41-33)24-13-14-29-25(17-24)19-37(36-29)18-23-9-5-4-6-10-23;3-2(4,5)1(6)7/h4-17,19,22,35H,18H2,1-3H3,(H,39,40);(H,6,7). The molecule has 4 aromatic carbocycles. The summed E-state index contributed by atoms with van der Waals surface area (Å²) in [7, 11) is 0. The number of aliphatic carboxylic acids is 1. The first-order chi connectivity index (χ1) is 22.7. The highest BCUT2D eigenvalue weighted by atomic mass is 19.4. The number of carbonyl (C=O) groups is 2. The lowest BCUT2D eigenvalue weighted by Gasteiger charge is -2.20. The molecular weight excluding hydrogens is 627 g/mol. The first-order valence-corrected chi connectivity index (χ1v) is 14.7. The highest BCUT2D eigenvalue weighted by Crippen LogP contribution is 2.33. The lowest BCUT2D eigenvalue weighted by atomic mass is 9.98. The summed E-state index contributed by atoms with van der Waals surface area (Å²) in [6.07, 6.45) is -3.08. The Hall–Kier alpha value is -5.91. The molecule has 2 aromatic heterocycles. The molecule has 2 heterocycles. The molecule has 0 amide bonds. The van der Waals surface area contributed by atoms with E-state index in [0.29, 0.717) is 34.5 Å². The molecule has 0 aliphatic carbocycles. The van der Waals surface area contributed by atoms with Gasteiger partial charge in [0, 0.05) is 34.0 Å². The quantitative estimate of drug-likeness (QED) is 0.157. The number of anilines is 1. The number of fused-ring (bicyclic) bond motifs is 2. The van der Waals surface area contributed by atoms with Gasteiger partial charge in [0.25, 0.3) is 0 Å². The van der Waals surface area contributed by atoms with Crippen LogP contribution in [0.25, 0.3) is 33.2 Å². The predicted octanol–water partition coefficient (Wildman–Crippen LogP) is 7.98. The summed E-state index contributed by atoms with van der Waals surface area (Å²) in [6.45, 7) is 6.31. The number of aromatic nitrogens is 2. The molecule has 246 valence electrons. The number of aryl methyl sites for hydroxylation is 1. The minimum atomic E-state index is -5.08. The molecule has 6 rings (SSSR count). The number of rotatable bonds is 7. The third-order valence-electron chi connectivity index (χ3n) is 7.63. The topological polar surface area (TPSA) is 135 Å². The molecule has 1 unspecified atom stereocenters. The van der Waals surface area contributed by atoms with E-state index in [2.05, 4.69) is 17.4 Å². The maximum absolute atomic E-state index is 13.6. The monoisotopic (exact) mass is 657 g/mol. The van der Waals surface area contributed by atoms with E-state index >= 15 is 0 Å². The summed E-state index contributed by atoms with van der Waals surface area (Å²) >= 11 is 0. The molecule has 0 aliphatic rings. The number of benzene rings is 4. The smallest absolute Gasteiger partial charge is 0.478 e. The highest BCUT2D eigenvalue weighted by Gasteiger charge is 2.38. The number of alkyl halides is 3. The Labute approximate surface area is 271 Å². The SMILES string of the molecule is Cc1cc(C(C)Nc2ccccc2C(=O)O)c2oc(-c3ccc4nn(Cc5ccccc5)cc4c3)c(C)c(=O)c2c1.O=C(O)C(F)(F)F. The molecular formula is C36H30F3N3O6. The largest absolute Gasteiger partial charge is 0.490 e. The van der Waals surface area contributed by atoms with Crippen molar-refractivity contribution in [3.8, 4) is 11.3 Å². The summed E-state index contributed by atoms with van der Waals surface area (Å²) < 4.78 is 40.2. The third kappa shape index (κ3) is 7.22. The zero-order chi connectivity index (χ0) is 34.7. The van der Waals surface area contributed by atoms with Crippen molar-refractivity contribution >= 4 is 39.5 Å². The number of nitrogens with zero attached hydrogens (tertiary/aromatic N) is 2. The average molecular weight is 658 g/mol. The first kappa shape index (κ1) is 33.5. The fourth-order valence-corrected chi connectivity index (χ4v) is 5.34. The molecule has 0 spiro atoms. The summed E-state index contributed by atoms with van der Waals surface area (Å²) in [6, 6.07) is 26.3. The van der Waals surface area contributed by atoms with E-state index in [-0.39, 0.29) is 17.0 Å². The van der Waals surface area contributed by atoms with Gasteiger partial charge in [-0.2, -0.15) is 18.3 Å². The van der Waals surface area contributed by atoms with Crippen molar-refractivity contribution in [2.75, 3.05) is 5.32 Å². The highest BCUT2D eigenvalue weighted by molar-refractivity contribution is 5.94. The van der Waals surface area contributed by atoms with Crippen LogP contribution in [-0.2, 0) is 11.3 Å². The molecule has 9 nitrogen and oxygen atoms in total. The zero-order valence-electron chi connectivity index (χ0n) is 26.0. The van der Waals surface area contributed by atoms with Crippen molar-refractivity contribution in [2.45, 2.75) is 39.5 Å². The fraction of sp³-hybridized carbons (Fsp3) is 0.167. The second-order valence-corrected chi connectivity index (χ2v) is 11.2. The van der Waals surface area contributed by atoms with Crippen molar-refractivity contribution in [2.24, 2.45) is 0 Å². The Morgan fingerprint density at radius 1 is 0.958 bits per heavy atom. The molecule has 12 heteroatoms. The first-order valence-electron chi connectivity index (χ1n) is 14.7. The van der Waals surface area contributed by atoms with Gasteiger partial charge >= 0.3 is 18.1 Å². The van der Waals surface area contributed by atoms with Crippen molar-refractivity contribution in [3.05, 3.63) is 129 Å². The Balaban J connectivity index is 0.000000582. The van der Waals surface area contributed by atoms with Gasteiger partial charge in [0.2, 0.25) is 0 Å². The van der Waals surface area contributed by atoms with Gasteiger partial charge in [0.05, 0.1) is 29.1 Å². The minimum Gasteiger partial charge on any atom is -0.478 e. The molecule has 48 heavy (non-hydrogen) atoms. The molecule has 0 bridgehead atoms. The predicted molar refractivity (Wildman–Crippen MR) is 175 cm³/mol. The van der Waals surface area contributed by atoms with Crippen LogP contribution in [0.2, 0.25) is 0 Å². The Morgan fingerprint density at radius 3 is 2.29 bits per heavy atom. The maximum Gasteiger partial charge on any atom is 0.490 e. The minimum absolute atomic E-state index is 0.0933. The molecule has 0 radical (unpaired) electrons. The Kier molecular flexibility index (Phi) is 9.37. The maximum atomic E-state index is 13.6. The lowest BCUT2D eigenvalue weighted by Crippen LogP contribution is -2.21. The molecule has 0 fully saturated rings.